The topological polar surface area (TPSA) is 118 Å². The van der Waals surface area contributed by atoms with Gasteiger partial charge in [-0.1, -0.05) is 50.7 Å². The van der Waals surface area contributed by atoms with Crippen LogP contribution in [-0.2, 0) is 10.2 Å². The Balaban J connectivity index is 1.70. The molecule has 0 fully saturated rings. The Morgan fingerprint density at radius 2 is 1.61 bits per heavy atom. The molecule has 10 heteroatoms. The van der Waals surface area contributed by atoms with Crippen molar-refractivity contribution in [2.24, 2.45) is 0 Å². The Kier molecular flexibility index (Phi) is 7.59. The van der Waals surface area contributed by atoms with Gasteiger partial charge in [-0.15, -0.1) is 5.10 Å². The number of ether oxygens (including phenoxy) is 2. The van der Waals surface area contributed by atoms with E-state index in [0.717, 1.165) is 5.82 Å². The van der Waals surface area contributed by atoms with Crippen molar-refractivity contribution in [3.05, 3.63) is 53.9 Å². The van der Waals surface area contributed by atoms with Gasteiger partial charge in [0.25, 0.3) is 5.91 Å². The first-order chi connectivity index (χ1) is 15.7. The molecule has 0 unspecified atom stereocenters. The third-order valence-electron chi connectivity index (χ3n) is 4.59. The molecule has 2 aromatic carbocycles. The molecule has 2 amide bonds. The number of hydrogen-bond acceptors (Lipinski definition) is 7. The molecule has 0 aliphatic carbocycles. The van der Waals surface area contributed by atoms with Gasteiger partial charge in [0, 0.05) is 23.1 Å². The number of nitrogens with one attached hydrogen (secondary N) is 3. The Labute approximate surface area is 196 Å². The number of amides is 2. The number of thioether (sulfide) groups is 1. The van der Waals surface area contributed by atoms with E-state index in [2.05, 4.69) is 25.8 Å². The van der Waals surface area contributed by atoms with Gasteiger partial charge in [-0.25, -0.2) is 4.98 Å². The van der Waals surface area contributed by atoms with Gasteiger partial charge in [-0.2, -0.15) is 0 Å². The van der Waals surface area contributed by atoms with E-state index in [9.17, 15) is 9.59 Å². The van der Waals surface area contributed by atoms with Crippen LogP contribution in [0.15, 0.2) is 47.6 Å². The van der Waals surface area contributed by atoms with Crippen LogP contribution in [0.4, 0.5) is 11.4 Å². The molecule has 0 aliphatic rings. The minimum absolute atomic E-state index is 0.111. The number of nitrogens with zero attached hydrogens (tertiary/aromatic N) is 2. The highest BCUT2D eigenvalue weighted by molar-refractivity contribution is 7.99. The predicted octanol–water partition coefficient (Wildman–Crippen LogP) is 4.10. The third kappa shape index (κ3) is 6.26. The number of aromatic amines is 1. The molecule has 3 N–H and O–H groups in total. The first kappa shape index (κ1) is 24.1. The zero-order valence-electron chi connectivity index (χ0n) is 19.2. The van der Waals surface area contributed by atoms with Gasteiger partial charge in [-0.05, 0) is 12.1 Å². The maximum absolute atomic E-state index is 12.5. The fourth-order valence-electron chi connectivity index (χ4n) is 2.84. The third-order valence-corrected chi connectivity index (χ3v) is 5.43. The lowest BCUT2D eigenvalue weighted by Crippen LogP contribution is -2.16. The smallest absolute Gasteiger partial charge is 0.255 e. The molecule has 9 nitrogen and oxygen atoms in total. The van der Waals surface area contributed by atoms with Crippen LogP contribution >= 0.6 is 11.8 Å². The molecular formula is C23H27N5O4S. The second-order valence-electron chi connectivity index (χ2n) is 8.13. The van der Waals surface area contributed by atoms with E-state index < -0.39 is 0 Å². The van der Waals surface area contributed by atoms with Crippen molar-refractivity contribution in [3.8, 4) is 11.5 Å². The average Bonchev–Trinajstić information content (AvgIpc) is 3.28. The first-order valence-electron chi connectivity index (χ1n) is 10.2. The largest absolute Gasteiger partial charge is 0.494 e. The van der Waals surface area contributed by atoms with Crippen molar-refractivity contribution >= 4 is 35.0 Å². The number of methoxy groups -OCH3 is 2. The summed E-state index contributed by atoms with van der Waals surface area (Å²) in [4.78, 5) is 29.5. The number of carbonyl (C=O) groups excluding carboxylic acids is 2. The van der Waals surface area contributed by atoms with Crippen LogP contribution in [0.5, 0.6) is 11.5 Å². The zero-order valence-corrected chi connectivity index (χ0v) is 20.0. The van der Waals surface area contributed by atoms with Gasteiger partial charge in [-0.3, -0.25) is 14.7 Å². The molecule has 33 heavy (non-hydrogen) atoms. The number of aromatic nitrogens is 3. The second kappa shape index (κ2) is 10.4. The predicted molar refractivity (Wildman–Crippen MR) is 128 cm³/mol. The highest BCUT2D eigenvalue weighted by Crippen LogP contribution is 2.37. The van der Waals surface area contributed by atoms with Crippen LogP contribution in [0.25, 0.3) is 0 Å². The molecule has 0 atom stereocenters. The SMILES string of the molecule is COc1cc(NC(=O)c2ccccc2)c(OC)cc1NC(=O)CSc1n[nH]c(C(C)(C)C)n1. The number of benzene rings is 2. The average molecular weight is 470 g/mol. The quantitative estimate of drug-likeness (QED) is 0.425. The minimum atomic E-state index is -0.287. The second-order valence-corrected chi connectivity index (χ2v) is 9.07. The van der Waals surface area contributed by atoms with Gasteiger partial charge in [0.15, 0.2) is 0 Å². The van der Waals surface area contributed by atoms with Crippen LogP contribution < -0.4 is 20.1 Å². The first-order valence-corrected chi connectivity index (χ1v) is 11.2. The highest BCUT2D eigenvalue weighted by Gasteiger charge is 2.20. The van der Waals surface area contributed by atoms with Crippen LogP contribution in [0.2, 0.25) is 0 Å². The lowest BCUT2D eigenvalue weighted by atomic mass is 9.96. The molecule has 1 heterocycles. The summed E-state index contributed by atoms with van der Waals surface area (Å²) in [5.41, 5.74) is 1.19. The minimum Gasteiger partial charge on any atom is -0.494 e. The number of anilines is 2. The van der Waals surface area contributed by atoms with Crippen molar-refractivity contribution in [1.29, 1.82) is 0 Å². The van der Waals surface area contributed by atoms with E-state index >= 15 is 0 Å². The van der Waals surface area contributed by atoms with E-state index in [0.29, 0.717) is 33.6 Å². The fourth-order valence-corrected chi connectivity index (χ4v) is 3.44. The Bertz CT molecular complexity index is 1130. The molecule has 3 aromatic rings. The maximum Gasteiger partial charge on any atom is 0.255 e. The molecule has 0 radical (unpaired) electrons. The molecule has 0 bridgehead atoms. The van der Waals surface area contributed by atoms with Crippen LogP contribution in [-0.4, -0.2) is 47.0 Å². The number of H-pyrrole nitrogens is 1. The van der Waals surface area contributed by atoms with Gasteiger partial charge in [0.2, 0.25) is 11.1 Å². The highest BCUT2D eigenvalue weighted by atomic mass is 32.2. The molecule has 0 spiro atoms. The van der Waals surface area contributed by atoms with E-state index in [1.54, 1.807) is 36.4 Å². The van der Waals surface area contributed by atoms with Crippen molar-refractivity contribution < 1.29 is 19.1 Å². The Hall–Kier alpha value is -3.53. The van der Waals surface area contributed by atoms with Crippen molar-refractivity contribution in [2.75, 3.05) is 30.6 Å². The van der Waals surface area contributed by atoms with Gasteiger partial charge in [0.1, 0.15) is 17.3 Å². The number of hydrogen-bond donors (Lipinski definition) is 3. The van der Waals surface area contributed by atoms with Crippen LogP contribution in [0.3, 0.4) is 0 Å². The standard InChI is InChI=1S/C23H27N5O4S/c1-23(2,3)21-26-22(28-27-21)33-13-19(29)24-15-11-18(32-5)16(12-17(15)31-4)25-20(30)14-9-7-6-8-10-14/h6-12H,13H2,1-5H3,(H,24,29)(H,25,30)(H,26,27,28). The van der Waals surface area contributed by atoms with E-state index in [1.165, 1.54) is 26.0 Å². The zero-order chi connectivity index (χ0) is 24.0. The normalized spacial score (nSPS) is 11.1. The summed E-state index contributed by atoms with van der Waals surface area (Å²) < 4.78 is 10.8. The summed E-state index contributed by atoms with van der Waals surface area (Å²) in [6, 6.07) is 12.0. The van der Waals surface area contributed by atoms with Gasteiger partial charge >= 0.3 is 0 Å². The maximum atomic E-state index is 12.5. The number of carbonyl (C=O) groups is 2. The van der Waals surface area contributed by atoms with Crippen LogP contribution in [0, 0.1) is 0 Å². The molecule has 1 aromatic heterocycles. The summed E-state index contributed by atoms with van der Waals surface area (Å²) in [6.45, 7) is 6.08. The lowest BCUT2D eigenvalue weighted by Gasteiger charge is -2.16. The van der Waals surface area contributed by atoms with Crippen molar-refractivity contribution in [3.63, 3.8) is 0 Å². The lowest BCUT2D eigenvalue weighted by molar-refractivity contribution is -0.113. The van der Waals surface area contributed by atoms with E-state index in [-0.39, 0.29) is 23.0 Å². The summed E-state index contributed by atoms with van der Waals surface area (Å²) in [5, 5.41) is 13.2. The summed E-state index contributed by atoms with van der Waals surface area (Å²) in [7, 11) is 2.97. The molecule has 3 rings (SSSR count). The summed E-state index contributed by atoms with van der Waals surface area (Å²) >= 11 is 1.22. The number of rotatable bonds is 8. The Morgan fingerprint density at radius 3 is 2.15 bits per heavy atom. The molecule has 0 saturated carbocycles. The fraction of sp³-hybridized carbons (Fsp3) is 0.304. The van der Waals surface area contributed by atoms with Crippen LogP contribution in [0.1, 0.15) is 37.0 Å². The molecule has 0 aliphatic heterocycles. The van der Waals surface area contributed by atoms with E-state index in [1.807, 2.05) is 26.8 Å². The van der Waals surface area contributed by atoms with Crippen molar-refractivity contribution in [1.82, 2.24) is 15.2 Å². The van der Waals surface area contributed by atoms with Gasteiger partial charge < -0.3 is 20.1 Å². The monoisotopic (exact) mass is 469 g/mol. The van der Waals surface area contributed by atoms with Crippen molar-refractivity contribution in [2.45, 2.75) is 31.3 Å². The molecular weight excluding hydrogens is 442 g/mol. The van der Waals surface area contributed by atoms with Gasteiger partial charge in [0.05, 0.1) is 31.3 Å². The molecule has 174 valence electrons. The summed E-state index contributed by atoms with van der Waals surface area (Å²) in [6.07, 6.45) is 0. The Morgan fingerprint density at radius 1 is 1.00 bits per heavy atom. The van der Waals surface area contributed by atoms with E-state index in [4.69, 9.17) is 9.47 Å². The molecule has 0 saturated heterocycles. The summed E-state index contributed by atoms with van der Waals surface area (Å²) in [5.74, 6) is 1.08.